The number of carbonyl (C=O) groups is 1. The molecule has 1 fully saturated rings. The van der Waals surface area contributed by atoms with Crippen molar-refractivity contribution >= 4 is 29.4 Å². The third kappa shape index (κ3) is 6.10. The average Bonchev–Trinajstić information content (AvgIpc) is 2.58. The topological polar surface area (TPSA) is 50.4 Å². The van der Waals surface area contributed by atoms with Gasteiger partial charge in [-0.3, -0.25) is 4.79 Å². The van der Waals surface area contributed by atoms with E-state index in [0.29, 0.717) is 11.1 Å². The molecule has 1 heterocycles. The number of hydrogen-bond acceptors (Lipinski definition) is 5. The van der Waals surface area contributed by atoms with Crippen LogP contribution < -0.4 is 15.4 Å². The number of carbonyl (C=O) groups excluding carboxylic acids is 1. The van der Waals surface area contributed by atoms with E-state index in [-0.39, 0.29) is 12.5 Å². The summed E-state index contributed by atoms with van der Waals surface area (Å²) < 4.78 is 6.07. The first-order valence-corrected chi connectivity index (χ1v) is 9.76. The van der Waals surface area contributed by atoms with Crippen molar-refractivity contribution in [3.63, 3.8) is 0 Å². The van der Waals surface area contributed by atoms with Crippen LogP contribution in [0, 0.1) is 0 Å². The fourth-order valence-electron chi connectivity index (χ4n) is 2.09. The third-order valence-corrected chi connectivity index (χ3v) is 6.29. The van der Waals surface area contributed by atoms with Crippen LogP contribution >= 0.6 is 23.5 Å². The Morgan fingerprint density at radius 2 is 1.95 bits per heavy atom. The third-order valence-electron chi connectivity index (χ3n) is 3.28. The summed E-state index contributed by atoms with van der Waals surface area (Å²) >= 11 is 4.01. The first-order chi connectivity index (χ1) is 10.8. The summed E-state index contributed by atoms with van der Waals surface area (Å²) in [5.74, 6) is 3.16. The summed E-state index contributed by atoms with van der Waals surface area (Å²) in [4.78, 5) is 11.6. The van der Waals surface area contributed by atoms with Crippen molar-refractivity contribution in [2.24, 2.45) is 0 Å². The van der Waals surface area contributed by atoms with Gasteiger partial charge in [0.1, 0.15) is 5.75 Å². The molecule has 1 saturated heterocycles. The highest BCUT2D eigenvalue weighted by Crippen LogP contribution is 2.43. The molecule has 0 radical (unpaired) electrons. The summed E-state index contributed by atoms with van der Waals surface area (Å²) in [6, 6.07) is 8.13. The smallest absolute Gasteiger partial charge is 0.257 e. The van der Waals surface area contributed by atoms with E-state index >= 15 is 0 Å². The zero-order valence-corrected chi connectivity index (χ0v) is 14.6. The predicted molar refractivity (Wildman–Crippen MR) is 95.8 cm³/mol. The monoisotopic (exact) mass is 340 g/mol. The van der Waals surface area contributed by atoms with Crippen molar-refractivity contribution < 1.29 is 9.53 Å². The predicted octanol–water partition coefficient (Wildman–Crippen LogP) is 2.66. The van der Waals surface area contributed by atoms with E-state index in [4.69, 9.17) is 4.74 Å². The minimum absolute atomic E-state index is 0.0708. The minimum Gasteiger partial charge on any atom is -0.484 e. The van der Waals surface area contributed by atoms with Crippen molar-refractivity contribution in [3.8, 4) is 5.75 Å². The van der Waals surface area contributed by atoms with Crippen molar-refractivity contribution in [2.45, 2.75) is 17.4 Å². The van der Waals surface area contributed by atoms with Gasteiger partial charge in [-0.05, 0) is 55.6 Å². The van der Waals surface area contributed by atoms with Gasteiger partial charge >= 0.3 is 0 Å². The summed E-state index contributed by atoms with van der Waals surface area (Å²) in [7, 11) is 1.90. The Morgan fingerprint density at radius 1 is 1.23 bits per heavy atom. The second-order valence-corrected chi connectivity index (χ2v) is 7.82. The number of ether oxygens (including phenoxy) is 1. The van der Waals surface area contributed by atoms with Crippen LogP contribution in [0.25, 0.3) is 0 Å². The van der Waals surface area contributed by atoms with Gasteiger partial charge in [0.2, 0.25) is 0 Å². The fraction of sp³-hybridized carbons (Fsp3) is 0.562. The normalized spacial score (nSPS) is 15.5. The Hall–Kier alpha value is -0.850. The fourth-order valence-corrected chi connectivity index (χ4v) is 4.99. The van der Waals surface area contributed by atoms with Gasteiger partial charge in [-0.15, -0.1) is 23.5 Å². The zero-order valence-electron chi connectivity index (χ0n) is 13.0. The van der Waals surface area contributed by atoms with Gasteiger partial charge < -0.3 is 15.4 Å². The largest absolute Gasteiger partial charge is 0.484 e. The molecule has 22 heavy (non-hydrogen) atoms. The minimum atomic E-state index is -0.0708. The number of amides is 1. The molecular formula is C16H24N2O2S2. The molecule has 1 aromatic carbocycles. The van der Waals surface area contributed by atoms with E-state index < -0.39 is 0 Å². The molecule has 2 rings (SSSR count). The lowest BCUT2D eigenvalue weighted by Crippen LogP contribution is -2.30. The Kier molecular flexibility index (Phi) is 7.98. The number of thioether (sulfide) groups is 2. The van der Waals surface area contributed by atoms with Crippen molar-refractivity contribution in [3.05, 3.63) is 29.8 Å². The molecule has 0 spiro atoms. The molecule has 0 aliphatic carbocycles. The molecule has 1 amide bonds. The van der Waals surface area contributed by atoms with Crippen LogP contribution in [-0.2, 0) is 4.79 Å². The van der Waals surface area contributed by atoms with Crippen LogP contribution in [-0.4, -0.2) is 44.2 Å². The molecular weight excluding hydrogens is 316 g/mol. The van der Waals surface area contributed by atoms with Crippen molar-refractivity contribution in [1.82, 2.24) is 10.6 Å². The molecule has 0 bridgehead atoms. The van der Waals surface area contributed by atoms with E-state index in [2.05, 4.69) is 22.8 Å². The highest BCUT2D eigenvalue weighted by molar-refractivity contribution is 8.16. The number of hydrogen-bond donors (Lipinski definition) is 2. The van der Waals surface area contributed by atoms with Crippen molar-refractivity contribution in [1.29, 1.82) is 0 Å². The summed E-state index contributed by atoms with van der Waals surface area (Å²) in [6.45, 7) is 1.66. The van der Waals surface area contributed by atoms with E-state index in [1.54, 1.807) is 0 Å². The molecule has 1 aromatic rings. The zero-order chi connectivity index (χ0) is 15.6. The van der Waals surface area contributed by atoms with Gasteiger partial charge in [0.15, 0.2) is 6.61 Å². The first kappa shape index (κ1) is 17.5. The van der Waals surface area contributed by atoms with Crippen LogP contribution in [0.1, 0.15) is 23.0 Å². The molecule has 0 atom stereocenters. The van der Waals surface area contributed by atoms with Gasteiger partial charge in [-0.1, -0.05) is 12.1 Å². The van der Waals surface area contributed by atoms with Crippen LogP contribution in [0.4, 0.5) is 0 Å². The maximum atomic E-state index is 11.6. The Morgan fingerprint density at radius 3 is 2.64 bits per heavy atom. The van der Waals surface area contributed by atoms with Crippen LogP contribution in [0.2, 0.25) is 0 Å². The van der Waals surface area contributed by atoms with E-state index in [0.717, 1.165) is 18.7 Å². The number of benzene rings is 1. The highest BCUT2D eigenvalue weighted by Gasteiger charge is 2.16. The molecule has 1 aliphatic rings. The van der Waals surface area contributed by atoms with Crippen LogP contribution in [0.5, 0.6) is 5.75 Å². The SMILES string of the molecule is CNCCCNC(=O)COc1ccc(C2SCCCS2)cc1. The number of rotatable bonds is 8. The number of nitrogens with one attached hydrogen (secondary N) is 2. The summed E-state index contributed by atoms with van der Waals surface area (Å²) in [5, 5.41) is 5.89. The molecule has 1 aliphatic heterocycles. The highest BCUT2D eigenvalue weighted by atomic mass is 32.2. The second kappa shape index (κ2) is 10.0. The molecule has 0 aromatic heterocycles. The molecule has 0 saturated carbocycles. The Bertz CT molecular complexity index is 448. The summed E-state index contributed by atoms with van der Waals surface area (Å²) in [6.07, 6.45) is 2.23. The van der Waals surface area contributed by atoms with Crippen molar-refractivity contribution in [2.75, 3.05) is 38.2 Å². The quantitative estimate of drug-likeness (QED) is 0.713. The first-order valence-electron chi connectivity index (χ1n) is 7.67. The van der Waals surface area contributed by atoms with Crippen LogP contribution in [0.15, 0.2) is 24.3 Å². The van der Waals surface area contributed by atoms with Gasteiger partial charge in [0.05, 0.1) is 4.58 Å². The molecule has 4 nitrogen and oxygen atoms in total. The lowest BCUT2D eigenvalue weighted by molar-refractivity contribution is -0.123. The van der Waals surface area contributed by atoms with E-state index in [1.807, 2.05) is 42.7 Å². The molecule has 0 unspecified atom stereocenters. The maximum absolute atomic E-state index is 11.6. The molecule has 6 heteroatoms. The second-order valence-electron chi connectivity index (χ2n) is 5.09. The molecule has 122 valence electrons. The van der Waals surface area contributed by atoms with Crippen LogP contribution in [0.3, 0.4) is 0 Å². The maximum Gasteiger partial charge on any atom is 0.257 e. The average molecular weight is 341 g/mol. The van der Waals surface area contributed by atoms with E-state index in [9.17, 15) is 4.79 Å². The summed E-state index contributed by atoms with van der Waals surface area (Å²) in [5.41, 5.74) is 1.33. The lowest BCUT2D eigenvalue weighted by Gasteiger charge is -2.21. The van der Waals surface area contributed by atoms with E-state index in [1.165, 1.54) is 23.5 Å². The lowest BCUT2D eigenvalue weighted by atomic mass is 10.2. The van der Waals surface area contributed by atoms with Gasteiger partial charge in [-0.25, -0.2) is 0 Å². The van der Waals surface area contributed by atoms with Gasteiger partial charge in [0.25, 0.3) is 5.91 Å². The standard InChI is InChI=1S/C16H24N2O2S2/c1-17-8-2-9-18-15(19)12-20-14-6-4-13(5-7-14)16-21-10-3-11-22-16/h4-7,16-17H,2-3,8-12H2,1H3,(H,18,19). The molecule has 2 N–H and O–H groups in total. The Balaban J connectivity index is 1.70. The van der Waals surface area contributed by atoms with Gasteiger partial charge in [-0.2, -0.15) is 0 Å². The Labute approximate surface area is 141 Å². The van der Waals surface area contributed by atoms with Gasteiger partial charge in [0, 0.05) is 6.54 Å².